The Bertz CT molecular complexity index is 1060. The second kappa shape index (κ2) is 21.7. The summed E-state index contributed by atoms with van der Waals surface area (Å²) in [6, 6.07) is 0. The lowest BCUT2D eigenvalue weighted by atomic mass is 9.81. The third kappa shape index (κ3) is 17.4. The summed E-state index contributed by atoms with van der Waals surface area (Å²) in [7, 11) is 3.93. The standard InChI is InChI=1S/C30H48N4O13/c1-20(47-21(2)38)25(42)6-7-26(43)31-30(11-8-22(39)14-32(3)27(44)17-35,12-9-23(40)15-33(4)28(45)18-36)13-10-24(41)16-34(5)29(46)19-37/h20,35-37H,6-19H2,1-5H3,(H,31,43). The van der Waals surface area contributed by atoms with Crippen LogP contribution in [0.2, 0.25) is 0 Å². The van der Waals surface area contributed by atoms with Crippen molar-refractivity contribution in [3.05, 3.63) is 0 Å². The average molecular weight is 673 g/mol. The van der Waals surface area contributed by atoms with E-state index in [1.807, 2.05) is 0 Å². The number of carbonyl (C=O) groups is 9. The van der Waals surface area contributed by atoms with Gasteiger partial charge < -0.3 is 40.1 Å². The van der Waals surface area contributed by atoms with Gasteiger partial charge in [0.1, 0.15) is 19.8 Å². The van der Waals surface area contributed by atoms with Crippen molar-refractivity contribution in [2.75, 3.05) is 60.6 Å². The van der Waals surface area contributed by atoms with E-state index in [0.29, 0.717) is 0 Å². The van der Waals surface area contributed by atoms with Gasteiger partial charge >= 0.3 is 5.97 Å². The number of nitrogens with zero attached hydrogens (tertiary/aromatic N) is 3. The highest BCUT2D eigenvalue weighted by Gasteiger charge is 2.34. The number of amides is 4. The second-order valence-corrected chi connectivity index (χ2v) is 11.4. The summed E-state index contributed by atoms with van der Waals surface area (Å²) in [6.07, 6.45) is -2.84. The normalized spacial score (nSPS) is 11.6. The first kappa shape index (κ1) is 42.9. The number of hydrogen-bond acceptors (Lipinski definition) is 13. The van der Waals surface area contributed by atoms with Gasteiger partial charge in [0.25, 0.3) is 0 Å². The molecular weight excluding hydrogens is 624 g/mol. The Morgan fingerprint density at radius 1 is 0.617 bits per heavy atom. The van der Waals surface area contributed by atoms with Gasteiger partial charge in [-0.05, 0) is 26.2 Å². The summed E-state index contributed by atoms with van der Waals surface area (Å²) in [4.78, 5) is 114. The van der Waals surface area contributed by atoms with E-state index in [9.17, 15) is 43.2 Å². The zero-order valence-electron chi connectivity index (χ0n) is 27.7. The van der Waals surface area contributed by atoms with E-state index >= 15 is 0 Å². The number of ether oxygens (including phenoxy) is 1. The van der Waals surface area contributed by atoms with Crippen LogP contribution in [0.15, 0.2) is 0 Å². The van der Waals surface area contributed by atoms with Gasteiger partial charge in [0.05, 0.1) is 19.6 Å². The van der Waals surface area contributed by atoms with Crippen molar-refractivity contribution in [1.29, 1.82) is 0 Å². The van der Waals surface area contributed by atoms with E-state index in [0.717, 1.165) is 21.6 Å². The number of aliphatic hydroxyl groups excluding tert-OH is 3. The summed E-state index contributed by atoms with van der Waals surface area (Å²) in [5.74, 6) is -5.39. The first-order chi connectivity index (χ1) is 21.9. The molecule has 4 amide bonds. The monoisotopic (exact) mass is 672 g/mol. The predicted octanol–water partition coefficient (Wildman–Crippen LogP) is -2.46. The Hall–Kier alpha value is -4.09. The number of ketones is 4. The zero-order chi connectivity index (χ0) is 36.3. The molecule has 0 aromatic rings. The number of hydrogen-bond donors (Lipinski definition) is 4. The highest BCUT2D eigenvalue weighted by Crippen LogP contribution is 2.27. The summed E-state index contributed by atoms with van der Waals surface area (Å²) in [5.41, 5.74) is -1.40. The topological polar surface area (TPSA) is 245 Å². The van der Waals surface area contributed by atoms with Gasteiger partial charge in [-0.3, -0.25) is 43.2 Å². The lowest BCUT2D eigenvalue weighted by molar-refractivity contribution is -0.152. The average Bonchev–Trinajstić information content (AvgIpc) is 3.02. The lowest BCUT2D eigenvalue weighted by Crippen LogP contribution is -2.50. The first-order valence-corrected chi connectivity index (χ1v) is 15.0. The fourth-order valence-corrected chi connectivity index (χ4v) is 4.47. The SMILES string of the molecule is CC(=O)OC(C)C(=O)CCC(=O)NC(CCC(=O)CN(C)C(=O)CO)(CCC(=O)CN(C)C(=O)CO)CCC(=O)CN(C)C(=O)CO. The highest BCUT2D eigenvalue weighted by atomic mass is 16.5. The first-order valence-electron chi connectivity index (χ1n) is 15.0. The van der Waals surface area contributed by atoms with E-state index in [1.54, 1.807) is 0 Å². The van der Waals surface area contributed by atoms with Crippen LogP contribution in [-0.2, 0) is 47.9 Å². The maximum Gasteiger partial charge on any atom is 0.303 e. The van der Waals surface area contributed by atoms with Crippen molar-refractivity contribution < 1.29 is 63.2 Å². The minimum atomic E-state index is -1.40. The van der Waals surface area contributed by atoms with Crippen LogP contribution in [0.4, 0.5) is 0 Å². The molecule has 0 aliphatic rings. The number of aliphatic hydroxyl groups is 3. The molecule has 266 valence electrons. The quantitative estimate of drug-likeness (QED) is 0.0779. The molecule has 0 aromatic heterocycles. The van der Waals surface area contributed by atoms with Gasteiger partial charge in [0.2, 0.25) is 23.6 Å². The minimum absolute atomic E-state index is 0.117. The molecule has 0 heterocycles. The van der Waals surface area contributed by atoms with Gasteiger partial charge in [0.15, 0.2) is 29.2 Å². The molecule has 1 unspecified atom stereocenters. The Balaban J connectivity index is 6.22. The third-order valence-electron chi connectivity index (χ3n) is 7.37. The van der Waals surface area contributed by atoms with Crippen LogP contribution >= 0.6 is 0 Å². The molecule has 0 fully saturated rings. The van der Waals surface area contributed by atoms with Gasteiger partial charge in [-0.2, -0.15) is 0 Å². The molecule has 0 rings (SSSR count). The van der Waals surface area contributed by atoms with E-state index in [2.05, 4.69) is 5.32 Å². The van der Waals surface area contributed by atoms with Crippen LogP contribution in [0.25, 0.3) is 0 Å². The molecule has 0 radical (unpaired) electrons. The molecule has 0 bridgehead atoms. The molecule has 0 aromatic carbocycles. The number of esters is 1. The molecule has 0 spiro atoms. The molecule has 0 saturated heterocycles. The number of Topliss-reactive ketones (excluding diaryl/α,β-unsaturated/α-hetero) is 4. The third-order valence-corrected chi connectivity index (χ3v) is 7.37. The number of rotatable bonds is 24. The summed E-state index contributed by atoms with van der Waals surface area (Å²) >= 11 is 0. The Morgan fingerprint density at radius 3 is 1.26 bits per heavy atom. The maximum atomic E-state index is 13.2. The second-order valence-electron chi connectivity index (χ2n) is 11.4. The van der Waals surface area contributed by atoms with E-state index in [-0.39, 0.29) is 71.0 Å². The van der Waals surface area contributed by atoms with Gasteiger partial charge in [-0.1, -0.05) is 0 Å². The molecule has 1 atom stereocenters. The summed E-state index contributed by atoms with van der Waals surface area (Å²) < 4.78 is 4.85. The van der Waals surface area contributed by atoms with E-state index in [4.69, 9.17) is 20.1 Å². The fraction of sp³-hybridized carbons (Fsp3) is 0.700. The lowest BCUT2D eigenvalue weighted by Gasteiger charge is -2.35. The Labute approximate surface area is 273 Å². The van der Waals surface area contributed by atoms with Crippen LogP contribution in [0.3, 0.4) is 0 Å². The number of nitrogens with one attached hydrogen (secondary N) is 1. The number of carbonyl (C=O) groups excluding carboxylic acids is 9. The molecular formula is C30H48N4O13. The van der Waals surface area contributed by atoms with Crippen LogP contribution in [0, 0.1) is 0 Å². The van der Waals surface area contributed by atoms with Crippen molar-refractivity contribution in [2.24, 2.45) is 0 Å². The smallest absolute Gasteiger partial charge is 0.303 e. The molecule has 0 saturated carbocycles. The largest absolute Gasteiger partial charge is 0.455 e. The van der Waals surface area contributed by atoms with Crippen molar-refractivity contribution in [3.8, 4) is 0 Å². The summed E-state index contributed by atoms with van der Waals surface area (Å²) in [5, 5.41) is 30.0. The van der Waals surface area contributed by atoms with E-state index < -0.39 is 84.2 Å². The van der Waals surface area contributed by atoms with Gasteiger partial charge in [0, 0.05) is 65.7 Å². The van der Waals surface area contributed by atoms with E-state index in [1.165, 1.54) is 28.1 Å². The van der Waals surface area contributed by atoms with Crippen LogP contribution < -0.4 is 5.32 Å². The predicted molar refractivity (Wildman–Crippen MR) is 163 cm³/mol. The molecule has 47 heavy (non-hydrogen) atoms. The Morgan fingerprint density at radius 2 is 0.957 bits per heavy atom. The molecule has 17 nitrogen and oxygen atoms in total. The van der Waals surface area contributed by atoms with Crippen molar-refractivity contribution >= 4 is 52.7 Å². The Kier molecular flexibility index (Phi) is 19.8. The number of likely N-dealkylation sites (N-methyl/N-ethyl adjacent to an activating group) is 3. The minimum Gasteiger partial charge on any atom is -0.455 e. The van der Waals surface area contributed by atoms with Crippen LogP contribution in [0.1, 0.15) is 65.2 Å². The zero-order valence-corrected chi connectivity index (χ0v) is 27.7. The highest BCUT2D eigenvalue weighted by molar-refractivity contribution is 5.90. The molecule has 0 aliphatic heterocycles. The van der Waals surface area contributed by atoms with Gasteiger partial charge in [-0.15, -0.1) is 0 Å². The van der Waals surface area contributed by atoms with Crippen molar-refractivity contribution in [2.45, 2.75) is 76.9 Å². The molecule has 17 heteroatoms. The van der Waals surface area contributed by atoms with Crippen molar-refractivity contribution in [1.82, 2.24) is 20.0 Å². The van der Waals surface area contributed by atoms with Crippen molar-refractivity contribution in [3.63, 3.8) is 0 Å². The summed E-state index contributed by atoms with van der Waals surface area (Å²) in [6.45, 7) is -1.08. The maximum absolute atomic E-state index is 13.2. The van der Waals surface area contributed by atoms with Gasteiger partial charge in [-0.25, -0.2) is 0 Å². The van der Waals surface area contributed by atoms with Crippen LogP contribution in [0.5, 0.6) is 0 Å². The molecule has 4 N–H and O–H groups in total. The van der Waals surface area contributed by atoms with Crippen LogP contribution in [-0.4, -0.2) is 155 Å². The fourth-order valence-electron chi connectivity index (χ4n) is 4.47. The molecule has 0 aliphatic carbocycles.